The molecule has 1 atom stereocenters. The van der Waals surface area contributed by atoms with Crippen LogP contribution in [0, 0.1) is 6.92 Å². The van der Waals surface area contributed by atoms with Crippen molar-refractivity contribution >= 4 is 15.9 Å². The number of aryl methyl sites for hydroxylation is 2. The number of nitrogens with zero attached hydrogens (tertiary/aromatic N) is 1. The van der Waals surface area contributed by atoms with Crippen LogP contribution in [0.3, 0.4) is 0 Å². The summed E-state index contributed by atoms with van der Waals surface area (Å²) in [6, 6.07) is 10.4. The van der Waals surface area contributed by atoms with Gasteiger partial charge in [-0.1, -0.05) is 35.0 Å². The van der Waals surface area contributed by atoms with Gasteiger partial charge in [0.25, 0.3) is 0 Å². The molecule has 0 radical (unpaired) electrons. The number of pyridine rings is 1. The third-order valence-corrected chi connectivity index (χ3v) is 3.86. The molecule has 2 N–H and O–H groups in total. The highest BCUT2D eigenvalue weighted by Gasteiger charge is 2.11. The Kier molecular flexibility index (Phi) is 4.72. The van der Waals surface area contributed by atoms with Crippen molar-refractivity contribution in [2.45, 2.75) is 32.7 Å². The zero-order valence-corrected chi connectivity index (χ0v) is 12.9. The summed E-state index contributed by atoms with van der Waals surface area (Å²) in [4.78, 5) is 4.48. The van der Waals surface area contributed by atoms with Crippen molar-refractivity contribution in [2.24, 2.45) is 5.73 Å². The van der Waals surface area contributed by atoms with Gasteiger partial charge in [-0.15, -0.1) is 0 Å². The second kappa shape index (κ2) is 6.31. The molecule has 0 saturated carbocycles. The Hall–Kier alpha value is -1.19. The van der Waals surface area contributed by atoms with Gasteiger partial charge in [-0.3, -0.25) is 4.98 Å². The van der Waals surface area contributed by atoms with Crippen LogP contribution in [0.5, 0.6) is 0 Å². The fourth-order valence-corrected chi connectivity index (χ4v) is 2.51. The third kappa shape index (κ3) is 3.64. The molecule has 2 rings (SSSR count). The van der Waals surface area contributed by atoms with Crippen LogP contribution in [0.4, 0.5) is 0 Å². The van der Waals surface area contributed by atoms with Crippen LogP contribution in [0.2, 0.25) is 0 Å². The van der Waals surface area contributed by atoms with E-state index in [-0.39, 0.29) is 6.04 Å². The highest BCUT2D eigenvalue weighted by atomic mass is 79.9. The van der Waals surface area contributed by atoms with Gasteiger partial charge >= 0.3 is 0 Å². The third-order valence-electron chi connectivity index (χ3n) is 3.36. The van der Waals surface area contributed by atoms with E-state index in [1.165, 1.54) is 16.7 Å². The summed E-state index contributed by atoms with van der Waals surface area (Å²) in [5, 5.41) is 0. The second-order valence-electron chi connectivity index (χ2n) is 4.82. The van der Waals surface area contributed by atoms with Crippen molar-refractivity contribution in [3.63, 3.8) is 0 Å². The first-order valence-electron chi connectivity index (χ1n) is 6.55. The molecule has 1 unspecified atom stereocenters. The molecule has 0 spiro atoms. The van der Waals surface area contributed by atoms with Crippen LogP contribution in [-0.2, 0) is 12.8 Å². The largest absolute Gasteiger partial charge is 0.324 e. The van der Waals surface area contributed by atoms with Crippen LogP contribution in [0.15, 0.2) is 41.0 Å². The van der Waals surface area contributed by atoms with Gasteiger partial charge in [0.1, 0.15) is 0 Å². The summed E-state index contributed by atoms with van der Waals surface area (Å²) in [6.45, 7) is 4.22. The normalized spacial score (nSPS) is 12.4. The summed E-state index contributed by atoms with van der Waals surface area (Å²) in [5.41, 5.74) is 11.0. The van der Waals surface area contributed by atoms with E-state index in [9.17, 15) is 0 Å². The summed E-state index contributed by atoms with van der Waals surface area (Å²) < 4.78 is 1.07. The Morgan fingerprint density at radius 2 is 2.05 bits per heavy atom. The molecule has 19 heavy (non-hydrogen) atoms. The van der Waals surface area contributed by atoms with E-state index >= 15 is 0 Å². The van der Waals surface area contributed by atoms with Gasteiger partial charge in [-0.2, -0.15) is 0 Å². The minimum absolute atomic E-state index is 0.0162. The minimum atomic E-state index is -0.0162. The maximum atomic E-state index is 6.31. The maximum absolute atomic E-state index is 6.31. The Balaban J connectivity index is 2.15. The molecule has 1 aromatic heterocycles. The molecule has 1 aromatic carbocycles. The van der Waals surface area contributed by atoms with Crippen molar-refractivity contribution in [3.05, 3.63) is 63.4 Å². The average Bonchev–Trinajstić information content (AvgIpc) is 2.42. The summed E-state index contributed by atoms with van der Waals surface area (Å²) >= 11 is 3.50. The van der Waals surface area contributed by atoms with E-state index in [1.54, 1.807) is 0 Å². The molecule has 0 amide bonds. The van der Waals surface area contributed by atoms with Gasteiger partial charge in [0.2, 0.25) is 0 Å². The van der Waals surface area contributed by atoms with Crippen molar-refractivity contribution in [2.75, 3.05) is 0 Å². The van der Waals surface area contributed by atoms with Crippen LogP contribution < -0.4 is 5.73 Å². The SMILES string of the molecule is CCc1ccc(CC(N)c2cc(Br)ccc2C)nc1. The Labute approximate surface area is 123 Å². The molecule has 0 saturated heterocycles. The molecule has 2 nitrogen and oxygen atoms in total. The van der Waals surface area contributed by atoms with Gasteiger partial charge < -0.3 is 5.73 Å². The summed E-state index contributed by atoms with van der Waals surface area (Å²) in [6.07, 6.45) is 3.72. The number of rotatable bonds is 4. The lowest BCUT2D eigenvalue weighted by Gasteiger charge is -2.15. The van der Waals surface area contributed by atoms with Crippen LogP contribution in [-0.4, -0.2) is 4.98 Å². The molecule has 100 valence electrons. The Morgan fingerprint density at radius 3 is 2.68 bits per heavy atom. The minimum Gasteiger partial charge on any atom is -0.324 e. The lowest BCUT2D eigenvalue weighted by Crippen LogP contribution is -2.15. The van der Waals surface area contributed by atoms with E-state index in [0.717, 1.165) is 23.0 Å². The Bertz CT molecular complexity index is 549. The van der Waals surface area contributed by atoms with E-state index in [4.69, 9.17) is 5.73 Å². The van der Waals surface area contributed by atoms with E-state index < -0.39 is 0 Å². The van der Waals surface area contributed by atoms with Crippen LogP contribution in [0.25, 0.3) is 0 Å². The molecule has 0 aliphatic heterocycles. The maximum Gasteiger partial charge on any atom is 0.0422 e. The molecule has 2 aromatic rings. The predicted molar refractivity (Wildman–Crippen MR) is 83.1 cm³/mol. The lowest BCUT2D eigenvalue weighted by molar-refractivity contribution is 0.700. The first kappa shape index (κ1) is 14.2. The van der Waals surface area contributed by atoms with Gasteiger partial charge in [0, 0.05) is 28.8 Å². The number of aromatic nitrogens is 1. The smallest absolute Gasteiger partial charge is 0.0422 e. The summed E-state index contributed by atoms with van der Waals surface area (Å²) in [5.74, 6) is 0. The van der Waals surface area contributed by atoms with Crippen molar-refractivity contribution in [1.82, 2.24) is 4.98 Å². The van der Waals surface area contributed by atoms with Crippen molar-refractivity contribution < 1.29 is 0 Å². The molecule has 0 bridgehead atoms. The quantitative estimate of drug-likeness (QED) is 0.926. The Morgan fingerprint density at radius 1 is 1.26 bits per heavy atom. The second-order valence-corrected chi connectivity index (χ2v) is 5.74. The fraction of sp³-hybridized carbons (Fsp3) is 0.312. The standard InChI is InChI=1S/C16H19BrN2/c1-3-12-5-7-14(19-10-12)9-16(18)15-8-13(17)6-4-11(15)2/h4-8,10,16H,3,9,18H2,1-2H3. The van der Waals surface area contributed by atoms with Gasteiger partial charge in [-0.25, -0.2) is 0 Å². The molecule has 0 fully saturated rings. The molecule has 1 heterocycles. The van der Waals surface area contributed by atoms with Crippen LogP contribution in [0.1, 0.15) is 35.3 Å². The van der Waals surface area contributed by atoms with Crippen LogP contribution >= 0.6 is 15.9 Å². The molecular weight excluding hydrogens is 300 g/mol. The van der Waals surface area contributed by atoms with Gasteiger partial charge in [-0.05, 0) is 48.2 Å². The van der Waals surface area contributed by atoms with E-state index in [0.29, 0.717) is 0 Å². The summed E-state index contributed by atoms with van der Waals surface area (Å²) in [7, 11) is 0. The zero-order valence-electron chi connectivity index (χ0n) is 11.4. The van der Waals surface area contributed by atoms with Crippen molar-refractivity contribution in [3.8, 4) is 0 Å². The van der Waals surface area contributed by atoms with Gasteiger partial charge in [0.15, 0.2) is 0 Å². The number of halogens is 1. The number of hydrogen-bond donors (Lipinski definition) is 1. The molecule has 0 aliphatic carbocycles. The highest BCUT2D eigenvalue weighted by Crippen LogP contribution is 2.23. The number of nitrogens with two attached hydrogens (primary N) is 1. The fourth-order valence-electron chi connectivity index (χ4n) is 2.13. The van der Waals surface area contributed by atoms with Crippen molar-refractivity contribution in [1.29, 1.82) is 0 Å². The van der Waals surface area contributed by atoms with Gasteiger partial charge in [0.05, 0.1) is 0 Å². The number of benzene rings is 1. The highest BCUT2D eigenvalue weighted by molar-refractivity contribution is 9.10. The molecule has 3 heteroatoms. The topological polar surface area (TPSA) is 38.9 Å². The zero-order chi connectivity index (χ0) is 13.8. The molecular formula is C16H19BrN2. The number of hydrogen-bond acceptors (Lipinski definition) is 2. The first-order valence-corrected chi connectivity index (χ1v) is 7.35. The average molecular weight is 319 g/mol. The van der Waals surface area contributed by atoms with E-state index in [2.05, 4.69) is 59.0 Å². The molecule has 0 aliphatic rings. The first-order chi connectivity index (χ1) is 9.10. The predicted octanol–water partition coefficient (Wildman–Crippen LogP) is 3.96. The monoisotopic (exact) mass is 318 g/mol. The lowest BCUT2D eigenvalue weighted by atomic mass is 9.98. The van der Waals surface area contributed by atoms with E-state index in [1.807, 2.05) is 12.3 Å².